The molecule has 3 heterocycles. The summed E-state index contributed by atoms with van der Waals surface area (Å²) < 4.78 is 0. The fourth-order valence-electron chi connectivity index (χ4n) is 5.74. The Morgan fingerprint density at radius 2 is 1.72 bits per heavy atom. The predicted octanol–water partition coefficient (Wildman–Crippen LogP) is 5.22. The van der Waals surface area contributed by atoms with Crippen LogP contribution in [0.15, 0.2) is 24.5 Å². The third kappa shape index (κ3) is 6.33. The number of halogens is 1. The van der Waals surface area contributed by atoms with Crippen molar-refractivity contribution in [2.24, 2.45) is 5.92 Å². The Morgan fingerprint density at radius 1 is 1.00 bits per heavy atom. The Balaban J connectivity index is 1.29. The van der Waals surface area contributed by atoms with Crippen LogP contribution < -0.4 is 0 Å². The molecule has 36 heavy (non-hydrogen) atoms. The number of benzene rings is 1. The number of piperidine rings is 2. The summed E-state index contributed by atoms with van der Waals surface area (Å²) in [4.78, 5) is 38.7. The summed E-state index contributed by atoms with van der Waals surface area (Å²) in [6.45, 7) is 9.48. The van der Waals surface area contributed by atoms with Crippen LogP contribution in [0.3, 0.4) is 0 Å². The van der Waals surface area contributed by atoms with E-state index in [1.165, 1.54) is 11.9 Å². The number of hydrogen-bond donors (Lipinski definition) is 0. The highest BCUT2D eigenvalue weighted by Gasteiger charge is 2.32. The maximum absolute atomic E-state index is 13.3. The van der Waals surface area contributed by atoms with Crippen LogP contribution >= 0.6 is 11.6 Å². The normalized spacial score (nSPS) is 17.9. The average Bonchev–Trinajstić information content (AvgIpc) is 2.91. The monoisotopic (exact) mass is 510 g/mol. The van der Waals surface area contributed by atoms with Crippen LogP contribution in [-0.4, -0.2) is 63.7 Å². The standard InChI is InChI=1S/C29H39ClN4O2/c1-4-27(35)23-10-14-33(15-11-23)24-12-16-34(17-13-24)29(36)28-21(3)26(31-19-32-28)7-5-6-22-8-9-25(30)20(2)18-22/h8-9,18-19,23-24H,4-7,10-17H2,1-3H3. The van der Waals surface area contributed by atoms with E-state index in [0.29, 0.717) is 23.9 Å². The molecule has 1 amide bonds. The lowest BCUT2D eigenvalue weighted by Crippen LogP contribution is -2.49. The fourth-order valence-corrected chi connectivity index (χ4v) is 5.85. The second-order valence-electron chi connectivity index (χ2n) is 10.4. The Kier molecular flexibility index (Phi) is 9.13. The number of nitrogens with zero attached hydrogens (tertiary/aromatic N) is 4. The van der Waals surface area contributed by atoms with Crippen LogP contribution in [0.4, 0.5) is 0 Å². The summed E-state index contributed by atoms with van der Waals surface area (Å²) in [5, 5.41) is 0.797. The Hall–Kier alpha value is -2.31. The van der Waals surface area contributed by atoms with Crippen LogP contribution in [-0.2, 0) is 17.6 Å². The highest BCUT2D eigenvalue weighted by atomic mass is 35.5. The van der Waals surface area contributed by atoms with Crippen molar-refractivity contribution in [3.8, 4) is 0 Å². The summed E-state index contributed by atoms with van der Waals surface area (Å²) in [6, 6.07) is 6.68. The Bertz CT molecular complexity index is 1070. The molecule has 0 N–H and O–H groups in total. The van der Waals surface area contributed by atoms with Crippen LogP contribution in [0.25, 0.3) is 0 Å². The number of amides is 1. The number of likely N-dealkylation sites (tertiary alicyclic amines) is 2. The molecule has 0 spiro atoms. The first-order valence-corrected chi connectivity index (χ1v) is 13.9. The molecule has 0 saturated carbocycles. The molecule has 6 nitrogen and oxygen atoms in total. The number of Topliss-reactive ketones (excluding diaryl/α,β-unsaturated/α-hetero) is 1. The summed E-state index contributed by atoms with van der Waals surface area (Å²) >= 11 is 6.14. The molecule has 0 unspecified atom stereocenters. The lowest BCUT2D eigenvalue weighted by atomic mass is 9.89. The van der Waals surface area contributed by atoms with E-state index in [9.17, 15) is 9.59 Å². The summed E-state index contributed by atoms with van der Waals surface area (Å²) in [5.74, 6) is 0.683. The number of rotatable bonds is 8. The van der Waals surface area contributed by atoms with Gasteiger partial charge in [-0.2, -0.15) is 0 Å². The SMILES string of the molecule is CCC(=O)C1CCN(C2CCN(C(=O)c3ncnc(CCCc4ccc(Cl)c(C)c4)c3C)CC2)CC1. The quantitative estimate of drug-likeness (QED) is 0.487. The van der Waals surface area contributed by atoms with E-state index in [1.807, 2.05) is 31.7 Å². The molecule has 2 saturated heterocycles. The second-order valence-corrected chi connectivity index (χ2v) is 10.8. The van der Waals surface area contributed by atoms with Gasteiger partial charge in [-0.1, -0.05) is 30.7 Å². The van der Waals surface area contributed by atoms with Gasteiger partial charge in [0.15, 0.2) is 0 Å². The molecule has 4 rings (SSSR count). The van der Waals surface area contributed by atoms with E-state index in [0.717, 1.165) is 93.0 Å². The van der Waals surface area contributed by atoms with Gasteiger partial charge in [0.25, 0.3) is 5.91 Å². The van der Waals surface area contributed by atoms with Crippen molar-refractivity contribution in [2.45, 2.75) is 78.2 Å². The summed E-state index contributed by atoms with van der Waals surface area (Å²) in [5.41, 5.74) is 4.77. The number of aryl methyl sites for hydroxylation is 3. The minimum absolute atomic E-state index is 0.0233. The van der Waals surface area contributed by atoms with Crippen molar-refractivity contribution in [3.05, 3.63) is 57.6 Å². The van der Waals surface area contributed by atoms with E-state index in [1.54, 1.807) is 0 Å². The predicted molar refractivity (Wildman–Crippen MR) is 144 cm³/mol. The zero-order valence-electron chi connectivity index (χ0n) is 21.9. The van der Waals surface area contributed by atoms with Crippen LogP contribution in [0, 0.1) is 19.8 Å². The molecular formula is C29H39ClN4O2. The smallest absolute Gasteiger partial charge is 0.272 e. The number of carbonyl (C=O) groups excluding carboxylic acids is 2. The van der Waals surface area contributed by atoms with Crippen molar-refractivity contribution >= 4 is 23.3 Å². The first-order valence-electron chi connectivity index (χ1n) is 13.5. The molecule has 0 bridgehead atoms. The minimum Gasteiger partial charge on any atom is -0.337 e. The van der Waals surface area contributed by atoms with E-state index in [4.69, 9.17) is 11.6 Å². The Morgan fingerprint density at radius 3 is 2.39 bits per heavy atom. The lowest BCUT2D eigenvalue weighted by Gasteiger charge is -2.41. The van der Waals surface area contributed by atoms with Gasteiger partial charge in [0.1, 0.15) is 17.8 Å². The molecule has 7 heteroatoms. The maximum atomic E-state index is 13.3. The average molecular weight is 511 g/mol. The van der Waals surface area contributed by atoms with Crippen molar-refractivity contribution in [1.29, 1.82) is 0 Å². The van der Waals surface area contributed by atoms with Crippen LogP contribution in [0.1, 0.15) is 78.3 Å². The highest BCUT2D eigenvalue weighted by Crippen LogP contribution is 2.26. The van der Waals surface area contributed by atoms with E-state index in [2.05, 4.69) is 27.0 Å². The Labute approximate surface area is 220 Å². The van der Waals surface area contributed by atoms with Crippen molar-refractivity contribution in [3.63, 3.8) is 0 Å². The third-order valence-electron chi connectivity index (χ3n) is 8.09. The molecule has 0 atom stereocenters. The van der Waals surface area contributed by atoms with E-state index >= 15 is 0 Å². The summed E-state index contributed by atoms with van der Waals surface area (Å²) in [6.07, 6.45) is 8.83. The lowest BCUT2D eigenvalue weighted by molar-refractivity contribution is -0.124. The molecule has 1 aromatic carbocycles. The van der Waals surface area contributed by atoms with Crippen molar-refractivity contribution in [1.82, 2.24) is 19.8 Å². The number of hydrogen-bond acceptors (Lipinski definition) is 5. The van der Waals surface area contributed by atoms with Gasteiger partial charge in [0, 0.05) is 47.8 Å². The molecule has 2 fully saturated rings. The largest absolute Gasteiger partial charge is 0.337 e. The molecule has 1 aromatic heterocycles. The zero-order chi connectivity index (χ0) is 25.7. The number of aromatic nitrogens is 2. The van der Waals surface area contributed by atoms with Gasteiger partial charge < -0.3 is 9.80 Å². The van der Waals surface area contributed by atoms with Gasteiger partial charge in [0.2, 0.25) is 0 Å². The van der Waals surface area contributed by atoms with E-state index < -0.39 is 0 Å². The fraction of sp³-hybridized carbons (Fsp3) is 0.586. The van der Waals surface area contributed by atoms with Crippen LogP contribution in [0.2, 0.25) is 5.02 Å². The van der Waals surface area contributed by atoms with Gasteiger partial charge in [-0.25, -0.2) is 9.97 Å². The van der Waals surface area contributed by atoms with Crippen LogP contribution in [0.5, 0.6) is 0 Å². The highest BCUT2D eigenvalue weighted by molar-refractivity contribution is 6.31. The topological polar surface area (TPSA) is 66.4 Å². The maximum Gasteiger partial charge on any atom is 0.272 e. The number of carbonyl (C=O) groups is 2. The molecule has 2 aliphatic heterocycles. The van der Waals surface area contributed by atoms with Gasteiger partial charge >= 0.3 is 0 Å². The molecule has 2 aromatic rings. The first-order chi connectivity index (χ1) is 17.4. The zero-order valence-corrected chi connectivity index (χ0v) is 22.7. The van der Waals surface area contributed by atoms with Crippen molar-refractivity contribution < 1.29 is 9.59 Å². The minimum atomic E-state index is 0.0233. The molecule has 0 aliphatic carbocycles. The van der Waals surface area contributed by atoms with Gasteiger partial charge in [-0.15, -0.1) is 0 Å². The molecule has 194 valence electrons. The van der Waals surface area contributed by atoms with E-state index in [-0.39, 0.29) is 11.8 Å². The summed E-state index contributed by atoms with van der Waals surface area (Å²) in [7, 11) is 0. The van der Waals surface area contributed by atoms with Crippen molar-refractivity contribution in [2.75, 3.05) is 26.2 Å². The molecular weight excluding hydrogens is 472 g/mol. The first kappa shape index (κ1) is 26.7. The second kappa shape index (κ2) is 12.3. The molecule has 2 aliphatic rings. The number of ketones is 1. The third-order valence-corrected chi connectivity index (χ3v) is 8.52. The van der Waals surface area contributed by atoms with Gasteiger partial charge in [0.05, 0.1) is 0 Å². The van der Waals surface area contributed by atoms with Gasteiger partial charge in [-0.3, -0.25) is 9.59 Å². The van der Waals surface area contributed by atoms with Gasteiger partial charge in [-0.05, 0) is 89.1 Å². The molecule has 0 radical (unpaired) electrons.